The fourth-order valence-electron chi connectivity index (χ4n) is 3.59. The summed E-state index contributed by atoms with van der Waals surface area (Å²) in [6.07, 6.45) is 0.445. The summed E-state index contributed by atoms with van der Waals surface area (Å²) in [7, 11) is 6.16. The van der Waals surface area contributed by atoms with Crippen LogP contribution in [0.25, 0.3) is 0 Å². The standard InChI is InChI=1S/C24H32O8/c1-16(26)32-14-19(10-17-6-8-20(28-2)22(11-17)30-4)24(27,15-25)13-18-7-9-21(29-3)23(12-18)31-5/h6-9,11-12,19,25,27H,10,13-15H2,1-5H3/t19-,24+/m0/s1. The highest BCUT2D eigenvalue weighted by molar-refractivity contribution is 5.65. The number of aliphatic hydroxyl groups is 2. The first kappa shape index (κ1) is 25.3. The summed E-state index contributed by atoms with van der Waals surface area (Å²) in [4.78, 5) is 11.5. The van der Waals surface area contributed by atoms with Gasteiger partial charge in [-0.05, 0) is 41.8 Å². The second kappa shape index (κ2) is 11.6. The van der Waals surface area contributed by atoms with Crippen LogP contribution in [-0.2, 0) is 22.4 Å². The molecule has 0 unspecified atom stereocenters. The Morgan fingerprint density at radius 1 is 0.875 bits per heavy atom. The van der Waals surface area contributed by atoms with Crippen LogP contribution >= 0.6 is 0 Å². The van der Waals surface area contributed by atoms with Crippen molar-refractivity contribution in [3.05, 3.63) is 47.5 Å². The van der Waals surface area contributed by atoms with Gasteiger partial charge in [-0.3, -0.25) is 4.79 Å². The maximum absolute atomic E-state index is 11.5. The number of rotatable bonds is 12. The summed E-state index contributed by atoms with van der Waals surface area (Å²) < 4.78 is 26.5. The van der Waals surface area contributed by atoms with E-state index in [1.54, 1.807) is 51.7 Å². The molecule has 8 nitrogen and oxygen atoms in total. The first-order valence-corrected chi connectivity index (χ1v) is 10.2. The molecule has 2 N–H and O–H groups in total. The van der Waals surface area contributed by atoms with E-state index >= 15 is 0 Å². The van der Waals surface area contributed by atoms with Gasteiger partial charge in [0.1, 0.15) is 0 Å². The molecular formula is C24H32O8. The summed E-state index contributed by atoms with van der Waals surface area (Å²) in [6, 6.07) is 10.7. The van der Waals surface area contributed by atoms with Gasteiger partial charge in [0.15, 0.2) is 23.0 Å². The molecule has 0 aliphatic heterocycles. The Labute approximate surface area is 188 Å². The van der Waals surface area contributed by atoms with Crippen LogP contribution in [0.2, 0.25) is 0 Å². The van der Waals surface area contributed by atoms with Crippen molar-refractivity contribution < 1.29 is 38.7 Å². The van der Waals surface area contributed by atoms with Crippen LogP contribution in [0, 0.1) is 5.92 Å². The highest BCUT2D eigenvalue weighted by Gasteiger charge is 2.37. The van der Waals surface area contributed by atoms with E-state index in [2.05, 4.69) is 0 Å². The Balaban J connectivity index is 2.36. The fourth-order valence-corrected chi connectivity index (χ4v) is 3.59. The molecule has 0 spiro atoms. The van der Waals surface area contributed by atoms with Gasteiger partial charge in [-0.1, -0.05) is 12.1 Å². The zero-order valence-corrected chi connectivity index (χ0v) is 19.2. The molecule has 0 aromatic heterocycles. The van der Waals surface area contributed by atoms with Gasteiger partial charge in [-0.15, -0.1) is 0 Å². The molecule has 2 rings (SSSR count). The lowest BCUT2D eigenvalue weighted by Gasteiger charge is -2.35. The van der Waals surface area contributed by atoms with Crippen LogP contribution in [0.1, 0.15) is 18.1 Å². The monoisotopic (exact) mass is 448 g/mol. The van der Waals surface area contributed by atoms with E-state index in [9.17, 15) is 15.0 Å². The number of carbonyl (C=O) groups excluding carboxylic acids is 1. The maximum Gasteiger partial charge on any atom is 0.302 e. The zero-order valence-electron chi connectivity index (χ0n) is 19.2. The Hall–Kier alpha value is -2.97. The topological polar surface area (TPSA) is 104 Å². The van der Waals surface area contributed by atoms with Crippen molar-refractivity contribution in [3.8, 4) is 23.0 Å². The second-order valence-electron chi connectivity index (χ2n) is 7.52. The van der Waals surface area contributed by atoms with Crippen LogP contribution in [0.3, 0.4) is 0 Å². The summed E-state index contributed by atoms with van der Waals surface area (Å²) in [5.74, 6) is 1.14. The summed E-state index contributed by atoms with van der Waals surface area (Å²) in [5, 5.41) is 21.6. The Morgan fingerprint density at radius 2 is 1.38 bits per heavy atom. The molecule has 0 bridgehead atoms. The van der Waals surface area contributed by atoms with Crippen LogP contribution < -0.4 is 18.9 Å². The van der Waals surface area contributed by atoms with E-state index in [0.29, 0.717) is 29.4 Å². The molecule has 0 heterocycles. The third-order valence-electron chi connectivity index (χ3n) is 5.41. The summed E-state index contributed by atoms with van der Waals surface area (Å²) >= 11 is 0. The number of esters is 1. The Bertz CT molecular complexity index is 898. The third-order valence-corrected chi connectivity index (χ3v) is 5.41. The van der Waals surface area contributed by atoms with Crippen LogP contribution in [-0.4, -0.2) is 63.4 Å². The van der Waals surface area contributed by atoms with Gasteiger partial charge in [0, 0.05) is 19.3 Å². The minimum atomic E-state index is -1.57. The molecule has 0 fully saturated rings. The van der Waals surface area contributed by atoms with Crippen molar-refractivity contribution in [1.29, 1.82) is 0 Å². The molecule has 0 saturated heterocycles. The van der Waals surface area contributed by atoms with Gasteiger partial charge >= 0.3 is 5.97 Å². The molecule has 32 heavy (non-hydrogen) atoms. The molecule has 0 aliphatic rings. The minimum Gasteiger partial charge on any atom is -0.493 e. The van der Waals surface area contributed by atoms with Crippen molar-refractivity contribution in [3.63, 3.8) is 0 Å². The number of methoxy groups -OCH3 is 4. The molecule has 176 valence electrons. The zero-order chi connectivity index (χ0) is 23.7. The highest BCUT2D eigenvalue weighted by atomic mass is 16.5. The van der Waals surface area contributed by atoms with Crippen molar-refractivity contribution >= 4 is 5.97 Å². The molecule has 0 aliphatic carbocycles. The average molecular weight is 449 g/mol. The first-order valence-electron chi connectivity index (χ1n) is 10.2. The largest absolute Gasteiger partial charge is 0.493 e. The van der Waals surface area contributed by atoms with E-state index in [1.165, 1.54) is 14.0 Å². The highest BCUT2D eigenvalue weighted by Crippen LogP contribution is 2.34. The molecule has 2 aromatic carbocycles. The van der Waals surface area contributed by atoms with E-state index in [1.807, 2.05) is 6.07 Å². The minimum absolute atomic E-state index is 0.0615. The fraction of sp³-hybridized carbons (Fsp3) is 0.458. The van der Waals surface area contributed by atoms with E-state index < -0.39 is 24.1 Å². The van der Waals surface area contributed by atoms with Gasteiger partial charge < -0.3 is 33.9 Å². The van der Waals surface area contributed by atoms with Gasteiger partial charge in [-0.2, -0.15) is 0 Å². The number of hydrogen-bond acceptors (Lipinski definition) is 8. The van der Waals surface area contributed by atoms with Crippen LogP contribution in [0.4, 0.5) is 0 Å². The number of carbonyl (C=O) groups is 1. The average Bonchev–Trinajstić information content (AvgIpc) is 2.80. The molecule has 8 heteroatoms. The Kier molecular flexibility index (Phi) is 9.16. The van der Waals surface area contributed by atoms with Crippen molar-refractivity contribution in [2.45, 2.75) is 25.4 Å². The number of benzene rings is 2. The van der Waals surface area contributed by atoms with Crippen molar-refractivity contribution in [2.75, 3.05) is 41.7 Å². The van der Waals surface area contributed by atoms with Crippen molar-refractivity contribution in [1.82, 2.24) is 0 Å². The third kappa shape index (κ3) is 6.27. The molecular weight excluding hydrogens is 416 g/mol. The maximum atomic E-state index is 11.5. The predicted octanol–water partition coefficient (Wildman–Crippen LogP) is 2.41. The lowest BCUT2D eigenvalue weighted by Crippen LogP contribution is -2.47. The smallest absolute Gasteiger partial charge is 0.302 e. The molecule has 2 aromatic rings. The molecule has 0 amide bonds. The Morgan fingerprint density at radius 3 is 1.84 bits per heavy atom. The van der Waals surface area contributed by atoms with Gasteiger partial charge in [0.2, 0.25) is 0 Å². The first-order chi connectivity index (χ1) is 15.3. The summed E-state index contributed by atoms with van der Waals surface area (Å²) in [5.41, 5.74) is 0.000644. The number of hydrogen-bond donors (Lipinski definition) is 2. The lowest BCUT2D eigenvalue weighted by molar-refractivity contribution is -0.147. The quantitative estimate of drug-likeness (QED) is 0.477. The van der Waals surface area contributed by atoms with Crippen molar-refractivity contribution in [2.24, 2.45) is 5.92 Å². The summed E-state index contributed by atoms with van der Waals surface area (Å²) in [6.45, 7) is 0.717. The van der Waals surface area contributed by atoms with E-state index in [-0.39, 0.29) is 13.0 Å². The van der Waals surface area contributed by atoms with E-state index in [4.69, 9.17) is 23.7 Å². The van der Waals surface area contributed by atoms with E-state index in [0.717, 1.165) is 11.1 Å². The van der Waals surface area contributed by atoms with Crippen LogP contribution in [0.15, 0.2) is 36.4 Å². The number of aliphatic hydroxyl groups excluding tert-OH is 1. The molecule has 0 radical (unpaired) electrons. The number of ether oxygens (including phenoxy) is 5. The lowest BCUT2D eigenvalue weighted by atomic mass is 9.79. The van der Waals surface area contributed by atoms with Gasteiger partial charge in [-0.25, -0.2) is 0 Å². The second-order valence-corrected chi connectivity index (χ2v) is 7.52. The molecule has 0 saturated carbocycles. The van der Waals surface area contributed by atoms with Gasteiger partial charge in [0.05, 0.1) is 47.3 Å². The van der Waals surface area contributed by atoms with Gasteiger partial charge in [0.25, 0.3) is 0 Å². The predicted molar refractivity (Wildman–Crippen MR) is 119 cm³/mol. The molecule has 2 atom stereocenters. The normalized spacial score (nSPS) is 13.6. The SMILES string of the molecule is COc1ccc(C[C@@H](COC(C)=O)[C@](O)(CO)Cc2ccc(OC)c(OC)c2)cc1OC. The van der Waals surface area contributed by atoms with Crippen LogP contribution in [0.5, 0.6) is 23.0 Å².